The van der Waals surface area contributed by atoms with E-state index >= 15 is 0 Å². The Morgan fingerprint density at radius 3 is 1.92 bits per heavy atom. The van der Waals surface area contributed by atoms with Gasteiger partial charge in [-0.05, 0) is 35.9 Å². The molecule has 0 aliphatic carbocycles. The van der Waals surface area contributed by atoms with Gasteiger partial charge in [0.05, 0.1) is 16.3 Å². The molecule has 4 aromatic carbocycles. The number of carbonyl (C=O) groups excluding carboxylic acids is 2. The standard InChI is InChI=1S/C29H21ClF3NO3S/c30-23-17-16-21(29(31,32)33)18-24(23)34-27(35)25(19-10-4-1-5-11-19)37-28(36)26(20-12-6-2-7-13-20)38-22-14-8-3-9-15-22/h1-18,25-26H,(H,34,35)/t25-,26+/m1/s1. The first kappa shape index (κ1) is 27.3. The Morgan fingerprint density at radius 1 is 0.789 bits per heavy atom. The minimum atomic E-state index is -4.63. The Morgan fingerprint density at radius 2 is 1.34 bits per heavy atom. The highest BCUT2D eigenvalue weighted by Crippen LogP contribution is 2.38. The van der Waals surface area contributed by atoms with Crippen molar-refractivity contribution < 1.29 is 27.5 Å². The van der Waals surface area contributed by atoms with Gasteiger partial charge in [0.25, 0.3) is 5.91 Å². The van der Waals surface area contributed by atoms with Crippen molar-refractivity contribution in [3.63, 3.8) is 0 Å². The molecule has 4 rings (SSSR count). The van der Waals surface area contributed by atoms with Crippen molar-refractivity contribution >= 4 is 40.9 Å². The lowest BCUT2D eigenvalue weighted by atomic mass is 10.1. The first-order chi connectivity index (χ1) is 18.2. The smallest absolute Gasteiger partial charge is 0.416 e. The second kappa shape index (κ2) is 12.2. The summed E-state index contributed by atoms with van der Waals surface area (Å²) in [5, 5.41) is 1.50. The molecule has 4 aromatic rings. The number of nitrogens with one attached hydrogen (secondary N) is 1. The summed E-state index contributed by atoms with van der Waals surface area (Å²) < 4.78 is 45.5. The van der Waals surface area contributed by atoms with Gasteiger partial charge in [-0.15, -0.1) is 11.8 Å². The van der Waals surface area contributed by atoms with E-state index < -0.39 is 35.0 Å². The van der Waals surface area contributed by atoms with Crippen molar-refractivity contribution in [2.24, 2.45) is 0 Å². The van der Waals surface area contributed by atoms with Crippen LogP contribution in [0.15, 0.2) is 114 Å². The fraction of sp³-hybridized carbons (Fsp3) is 0.103. The molecule has 0 aromatic heterocycles. The lowest BCUT2D eigenvalue weighted by Crippen LogP contribution is -2.27. The molecule has 0 spiro atoms. The molecule has 0 aliphatic rings. The zero-order chi connectivity index (χ0) is 27.1. The largest absolute Gasteiger partial charge is 0.446 e. The predicted octanol–water partition coefficient (Wildman–Crippen LogP) is 8.12. The number of hydrogen-bond donors (Lipinski definition) is 1. The summed E-state index contributed by atoms with van der Waals surface area (Å²) in [6.45, 7) is 0. The Kier molecular flexibility index (Phi) is 8.76. The molecule has 38 heavy (non-hydrogen) atoms. The number of anilines is 1. The van der Waals surface area contributed by atoms with E-state index in [1.54, 1.807) is 54.6 Å². The minimum Gasteiger partial charge on any atom is -0.446 e. The lowest BCUT2D eigenvalue weighted by molar-refractivity contribution is -0.154. The maximum atomic E-state index is 13.5. The van der Waals surface area contributed by atoms with E-state index in [1.165, 1.54) is 11.8 Å². The molecule has 9 heteroatoms. The third-order valence-corrected chi connectivity index (χ3v) is 7.01. The van der Waals surface area contributed by atoms with E-state index in [9.17, 15) is 22.8 Å². The number of alkyl halides is 3. The van der Waals surface area contributed by atoms with E-state index in [-0.39, 0.29) is 10.7 Å². The van der Waals surface area contributed by atoms with Crippen LogP contribution in [-0.4, -0.2) is 11.9 Å². The van der Waals surface area contributed by atoms with Crippen LogP contribution in [-0.2, 0) is 20.5 Å². The van der Waals surface area contributed by atoms with Crippen LogP contribution >= 0.6 is 23.4 Å². The van der Waals surface area contributed by atoms with Gasteiger partial charge in [-0.1, -0.05) is 90.5 Å². The fourth-order valence-electron chi connectivity index (χ4n) is 3.59. The minimum absolute atomic E-state index is 0.0914. The number of thioether (sulfide) groups is 1. The monoisotopic (exact) mass is 555 g/mol. The van der Waals surface area contributed by atoms with Gasteiger partial charge < -0.3 is 10.1 Å². The highest BCUT2D eigenvalue weighted by molar-refractivity contribution is 8.00. The maximum absolute atomic E-state index is 13.5. The highest BCUT2D eigenvalue weighted by Gasteiger charge is 2.33. The number of rotatable bonds is 8. The molecule has 194 valence electrons. The summed E-state index contributed by atoms with van der Waals surface area (Å²) in [5.74, 6) is -1.54. The lowest BCUT2D eigenvalue weighted by Gasteiger charge is -2.22. The zero-order valence-electron chi connectivity index (χ0n) is 19.7. The third-order valence-electron chi connectivity index (χ3n) is 5.44. The summed E-state index contributed by atoms with van der Waals surface area (Å²) >= 11 is 7.33. The number of ether oxygens (including phenoxy) is 1. The second-order valence-electron chi connectivity index (χ2n) is 8.13. The van der Waals surface area contributed by atoms with Gasteiger partial charge >= 0.3 is 12.1 Å². The van der Waals surface area contributed by atoms with Crippen molar-refractivity contribution in [3.05, 3.63) is 131 Å². The van der Waals surface area contributed by atoms with Crippen molar-refractivity contribution in [3.8, 4) is 0 Å². The van der Waals surface area contributed by atoms with Crippen molar-refractivity contribution in [1.82, 2.24) is 0 Å². The summed E-state index contributed by atoms with van der Waals surface area (Å²) in [6.07, 6.45) is -6.08. The first-order valence-corrected chi connectivity index (χ1v) is 12.7. The van der Waals surface area contributed by atoms with Crippen LogP contribution in [0.4, 0.5) is 18.9 Å². The summed E-state index contributed by atoms with van der Waals surface area (Å²) in [7, 11) is 0. The number of amides is 1. The van der Waals surface area contributed by atoms with Crippen LogP contribution in [0.5, 0.6) is 0 Å². The topological polar surface area (TPSA) is 55.4 Å². The quantitative estimate of drug-likeness (QED) is 0.176. The summed E-state index contributed by atoms with van der Waals surface area (Å²) in [4.78, 5) is 27.7. The molecule has 0 unspecified atom stereocenters. The number of halogens is 4. The van der Waals surface area contributed by atoms with Crippen LogP contribution in [0.25, 0.3) is 0 Å². The van der Waals surface area contributed by atoms with E-state index in [1.807, 2.05) is 36.4 Å². The maximum Gasteiger partial charge on any atom is 0.416 e. The third kappa shape index (κ3) is 6.96. The molecule has 1 N–H and O–H groups in total. The number of hydrogen-bond acceptors (Lipinski definition) is 4. The molecule has 0 saturated heterocycles. The molecule has 0 radical (unpaired) electrons. The van der Waals surface area contributed by atoms with E-state index in [4.69, 9.17) is 16.3 Å². The van der Waals surface area contributed by atoms with E-state index in [0.29, 0.717) is 11.1 Å². The van der Waals surface area contributed by atoms with Gasteiger partial charge in [0.2, 0.25) is 6.10 Å². The number of benzene rings is 4. The van der Waals surface area contributed by atoms with Crippen molar-refractivity contribution in [2.45, 2.75) is 22.4 Å². The summed E-state index contributed by atoms with van der Waals surface area (Å²) in [5.41, 5.74) is -0.215. The number of carbonyl (C=O) groups is 2. The van der Waals surface area contributed by atoms with Gasteiger partial charge in [-0.25, -0.2) is 0 Å². The van der Waals surface area contributed by atoms with Crippen LogP contribution in [0.3, 0.4) is 0 Å². The van der Waals surface area contributed by atoms with Crippen LogP contribution in [0.2, 0.25) is 5.02 Å². The SMILES string of the molecule is O=C(O[C@@H](C(=O)Nc1cc(C(F)(F)F)ccc1Cl)c1ccccc1)[C@@H](Sc1ccccc1)c1ccccc1. The molecule has 1 amide bonds. The Bertz CT molecular complexity index is 1390. The van der Waals surface area contributed by atoms with Crippen LogP contribution < -0.4 is 5.32 Å². The average Bonchev–Trinajstić information content (AvgIpc) is 2.92. The molecule has 2 atom stereocenters. The van der Waals surface area contributed by atoms with E-state index in [2.05, 4.69) is 5.32 Å². The molecule has 0 heterocycles. The Balaban J connectivity index is 1.64. The van der Waals surface area contributed by atoms with Crippen LogP contribution in [0, 0.1) is 0 Å². The molecule has 0 bridgehead atoms. The van der Waals surface area contributed by atoms with E-state index in [0.717, 1.165) is 23.1 Å². The predicted molar refractivity (Wildman–Crippen MR) is 142 cm³/mol. The van der Waals surface area contributed by atoms with Gasteiger partial charge in [-0.2, -0.15) is 13.2 Å². The zero-order valence-corrected chi connectivity index (χ0v) is 21.3. The Labute approximate surface area is 226 Å². The molecule has 0 aliphatic heterocycles. The molecular formula is C29H21ClF3NO3S. The highest BCUT2D eigenvalue weighted by atomic mass is 35.5. The summed E-state index contributed by atoms with van der Waals surface area (Å²) in [6, 6.07) is 29.0. The Hall–Kier alpha value is -3.75. The average molecular weight is 556 g/mol. The molecule has 4 nitrogen and oxygen atoms in total. The van der Waals surface area contributed by atoms with Crippen molar-refractivity contribution in [2.75, 3.05) is 5.32 Å². The molecule has 0 saturated carbocycles. The van der Waals surface area contributed by atoms with Crippen molar-refractivity contribution in [1.29, 1.82) is 0 Å². The fourth-order valence-corrected chi connectivity index (χ4v) is 4.79. The normalized spacial score (nSPS) is 12.8. The van der Waals surface area contributed by atoms with Crippen LogP contribution in [0.1, 0.15) is 28.0 Å². The van der Waals surface area contributed by atoms with Gasteiger partial charge in [0.1, 0.15) is 5.25 Å². The molecule has 0 fully saturated rings. The molecular weight excluding hydrogens is 535 g/mol. The van der Waals surface area contributed by atoms with Gasteiger partial charge in [-0.3, -0.25) is 9.59 Å². The first-order valence-electron chi connectivity index (χ1n) is 11.4. The van der Waals surface area contributed by atoms with Gasteiger partial charge in [0.15, 0.2) is 0 Å². The number of esters is 1. The second-order valence-corrected chi connectivity index (χ2v) is 9.72. The van der Waals surface area contributed by atoms with Gasteiger partial charge in [0, 0.05) is 10.5 Å².